The Bertz CT molecular complexity index is 333. The van der Waals surface area contributed by atoms with Crippen LogP contribution in [0.15, 0.2) is 30.3 Å². The van der Waals surface area contributed by atoms with E-state index in [1.54, 1.807) is 0 Å². The Kier molecular flexibility index (Phi) is 3.02. The number of nitrogens with one attached hydrogen (secondary N) is 1. The molecule has 2 rings (SSSR count). The topological polar surface area (TPSA) is 32.3 Å². The number of carbonyl (C=O) groups excluding carboxylic acids is 1. The SMILES string of the molecule is CCN(C(=O)[C@H]1CCN1)c1ccccc1. The Morgan fingerprint density at radius 1 is 1.47 bits per heavy atom. The van der Waals surface area contributed by atoms with Crippen LogP contribution in [0.1, 0.15) is 13.3 Å². The lowest BCUT2D eigenvalue weighted by molar-refractivity contribution is -0.122. The third-order valence-electron chi connectivity index (χ3n) is 2.77. The standard InChI is InChI=1S/C12H16N2O/c1-2-14(10-6-4-3-5-7-10)12(15)11-8-9-13-11/h3-7,11,13H,2,8-9H2,1H3/t11-/m1/s1. The van der Waals surface area contributed by atoms with Crippen molar-refractivity contribution in [2.45, 2.75) is 19.4 Å². The summed E-state index contributed by atoms with van der Waals surface area (Å²) in [4.78, 5) is 13.9. The van der Waals surface area contributed by atoms with Crippen LogP contribution in [0.2, 0.25) is 0 Å². The molecule has 0 aliphatic carbocycles. The summed E-state index contributed by atoms with van der Waals surface area (Å²) in [5.41, 5.74) is 0.985. The van der Waals surface area contributed by atoms with Crippen LogP contribution in [-0.2, 0) is 4.79 Å². The van der Waals surface area contributed by atoms with Gasteiger partial charge in [-0.05, 0) is 32.0 Å². The van der Waals surface area contributed by atoms with Crippen LogP contribution in [0.3, 0.4) is 0 Å². The van der Waals surface area contributed by atoms with Crippen LogP contribution in [0, 0.1) is 0 Å². The number of nitrogens with zero attached hydrogens (tertiary/aromatic N) is 1. The molecule has 80 valence electrons. The van der Waals surface area contributed by atoms with Gasteiger partial charge in [-0.1, -0.05) is 18.2 Å². The van der Waals surface area contributed by atoms with E-state index >= 15 is 0 Å². The van der Waals surface area contributed by atoms with E-state index in [9.17, 15) is 4.79 Å². The van der Waals surface area contributed by atoms with Crippen molar-refractivity contribution in [3.63, 3.8) is 0 Å². The summed E-state index contributed by atoms with van der Waals surface area (Å²) in [6.45, 7) is 3.69. The molecule has 0 saturated carbocycles. The van der Waals surface area contributed by atoms with Gasteiger partial charge in [0.25, 0.3) is 0 Å². The molecule has 1 heterocycles. The third-order valence-corrected chi connectivity index (χ3v) is 2.77. The van der Waals surface area contributed by atoms with E-state index < -0.39 is 0 Å². The average Bonchev–Trinajstić information content (AvgIpc) is 2.18. The summed E-state index contributed by atoms with van der Waals surface area (Å²) < 4.78 is 0. The van der Waals surface area contributed by atoms with Crippen molar-refractivity contribution < 1.29 is 4.79 Å². The van der Waals surface area contributed by atoms with Crippen LogP contribution < -0.4 is 10.2 Å². The zero-order valence-corrected chi connectivity index (χ0v) is 8.94. The molecule has 0 radical (unpaired) electrons. The summed E-state index contributed by atoms with van der Waals surface area (Å²) in [5, 5.41) is 3.14. The summed E-state index contributed by atoms with van der Waals surface area (Å²) in [7, 11) is 0. The lowest BCUT2D eigenvalue weighted by Gasteiger charge is -2.32. The zero-order valence-electron chi connectivity index (χ0n) is 8.94. The van der Waals surface area contributed by atoms with Gasteiger partial charge in [0.05, 0.1) is 6.04 Å². The van der Waals surface area contributed by atoms with Gasteiger partial charge in [0.15, 0.2) is 0 Å². The van der Waals surface area contributed by atoms with Gasteiger partial charge in [0.1, 0.15) is 0 Å². The van der Waals surface area contributed by atoms with E-state index in [0.29, 0.717) is 0 Å². The quantitative estimate of drug-likeness (QED) is 0.807. The molecule has 1 aromatic carbocycles. The first kappa shape index (κ1) is 10.2. The van der Waals surface area contributed by atoms with Gasteiger partial charge in [0.2, 0.25) is 5.91 Å². The number of hydrogen-bond acceptors (Lipinski definition) is 2. The number of hydrogen-bond donors (Lipinski definition) is 1. The van der Waals surface area contributed by atoms with Crippen molar-refractivity contribution >= 4 is 11.6 Å². The van der Waals surface area contributed by atoms with Crippen molar-refractivity contribution in [2.75, 3.05) is 18.0 Å². The number of benzene rings is 1. The summed E-state index contributed by atoms with van der Waals surface area (Å²) >= 11 is 0. The molecule has 3 heteroatoms. The number of rotatable bonds is 3. The van der Waals surface area contributed by atoms with Gasteiger partial charge < -0.3 is 10.2 Å². The first-order chi connectivity index (χ1) is 7.33. The smallest absolute Gasteiger partial charge is 0.244 e. The predicted octanol–water partition coefficient (Wildman–Crippen LogP) is 1.40. The number of likely N-dealkylation sites (N-methyl/N-ethyl adjacent to an activating group) is 1. The van der Waals surface area contributed by atoms with Gasteiger partial charge in [0, 0.05) is 12.2 Å². The Hall–Kier alpha value is -1.35. The minimum atomic E-state index is 0.0326. The van der Waals surface area contributed by atoms with Gasteiger partial charge in [-0.3, -0.25) is 4.79 Å². The molecule has 0 spiro atoms. The number of anilines is 1. The molecular weight excluding hydrogens is 188 g/mol. The van der Waals surface area contributed by atoms with Crippen LogP contribution in [0.4, 0.5) is 5.69 Å². The summed E-state index contributed by atoms with van der Waals surface area (Å²) in [6, 6.07) is 9.85. The molecule has 1 N–H and O–H groups in total. The van der Waals surface area contributed by atoms with Crippen molar-refractivity contribution in [2.24, 2.45) is 0 Å². The average molecular weight is 204 g/mol. The van der Waals surface area contributed by atoms with Crippen molar-refractivity contribution in [1.29, 1.82) is 0 Å². The van der Waals surface area contributed by atoms with Crippen molar-refractivity contribution in [3.8, 4) is 0 Å². The van der Waals surface area contributed by atoms with Crippen LogP contribution >= 0.6 is 0 Å². The molecule has 1 atom stereocenters. The highest BCUT2D eigenvalue weighted by molar-refractivity contribution is 5.97. The molecule has 1 amide bonds. The molecule has 1 aliphatic heterocycles. The molecule has 0 bridgehead atoms. The highest BCUT2D eigenvalue weighted by Gasteiger charge is 2.28. The largest absolute Gasteiger partial charge is 0.311 e. The van der Waals surface area contributed by atoms with Crippen molar-refractivity contribution in [1.82, 2.24) is 5.32 Å². The van der Waals surface area contributed by atoms with E-state index in [0.717, 1.165) is 25.2 Å². The molecule has 1 aliphatic rings. The van der Waals surface area contributed by atoms with E-state index in [1.165, 1.54) is 0 Å². The Morgan fingerprint density at radius 2 is 2.13 bits per heavy atom. The second-order valence-corrected chi connectivity index (χ2v) is 3.71. The molecule has 1 saturated heterocycles. The molecule has 3 nitrogen and oxygen atoms in total. The van der Waals surface area contributed by atoms with Gasteiger partial charge >= 0.3 is 0 Å². The maximum Gasteiger partial charge on any atom is 0.244 e. The normalized spacial score (nSPS) is 19.4. The molecule has 15 heavy (non-hydrogen) atoms. The maximum absolute atomic E-state index is 12.0. The van der Waals surface area contributed by atoms with E-state index in [-0.39, 0.29) is 11.9 Å². The maximum atomic E-state index is 12.0. The monoisotopic (exact) mass is 204 g/mol. The Balaban J connectivity index is 2.13. The highest BCUT2D eigenvalue weighted by atomic mass is 16.2. The number of carbonyl (C=O) groups is 1. The molecular formula is C12H16N2O. The van der Waals surface area contributed by atoms with Gasteiger partial charge in [-0.2, -0.15) is 0 Å². The first-order valence-corrected chi connectivity index (χ1v) is 5.42. The molecule has 0 aromatic heterocycles. The van der Waals surface area contributed by atoms with E-state index in [4.69, 9.17) is 0 Å². The third kappa shape index (κ3) is 2.02. The van der Waals surface area contributed by atoms with E-state index in [1.807, 2.05) is 42.2 Å². The van der Waals surface area contributed by atoms with Crippen molar-refractivity contribution in [3.05, 3.63) is 30.3 Å². The van der Waals surface area contributed by atoms with Gasteiger partial charge in [-0.15, -0.1) is 0 Å². The number of para-hydroxylation sites is 1. The van der Waals surface area contributed by atoms with E-state index in [2.05, 4.69) is 5.32 Å². The fourth-order valence-electron chi connectivity index (χ4n) is 1.76. The highest BCUT2D eigenvalue weighted by Crippen LogP contribution is 2.16. The Morgan fingerprint density at radius 3 is 2.60 bits per heavy atom. The summed E-state index contributed by atoms with van der Waals surface area (Å²) in [6.07, 6.45) is 0.960. The van der Waals surface area contributed by atoms with Crippen LogP contribution in [0.25, 0.3) is 0 Å². The minimum absolute atomic E-state index is 0.0326. The second-order valence-electron chi connectivity index (χ2n) is 3.71. The summed E-state index contributed by atoms with van der Waals surface area (Å²) in [5.74, 6) is 0.190. The molecule has 1 fully saturated rings. The Labute approximate surface area is 90.1 Å². The minimum Gasteiger partial charge on any atom is -0.311 e. The molecule has 1 aromatic rings. The van der Waals surface area contributed by atoms with Crippen LogP contribution in [-0.4, -0.2) is 25.0 Å². The second kappa shape index (κ2) is 4.45. The molecule has 0 unspecified atom stereocenters. The van der Waals surface area contributed by atoms with Gasteiger partial charge in [-0.25, -0.2) is 0 Å². The lowest BCUT2D eigenvalue weighted by Crippen LogP contribution is -2.54. The fourth-order valence-corrected chi connectivity index (χ4v) is 1.76. The zero-order chi connectivity index (χ0) is 10.7. The fraction of sp³-hybridized carbons (Fsp3) is 0.417. The lowest BCUT2D eigenvalue weighted by atomic mass is 10.1. The number of amides is 1. The predicted molar refractivity (Wildman–Crippen MR) is 60.9 cm³/mol. The first-order valence-electron chi connectivity index (χ1n) is 5.42. The van der Waals surface area contributed by atoms with Crippen LogP contribution in [0.5, 0.6) is 0 Å².